The summed E-state index contributed by atoms with van der Waals surface area (Å²) in [6.45, 7) is 3.55. The molecule has 0 amide bonds. The van der Waals surface area contributed by atoms with E-state index < -0.39 is 12.1 Å². The first-order valence-electron chi connectivity index (χ1n) is 5.87. The standard InChI is InChI=1S/C11H22N2O3/c1-13-5-3-9(8-13)2-4-12-7-10(14)6-11(15)16/h9-10,12,14H,2-8H2,1H3,(H,15,16). The van der Waals surface area contributed by atoms with Crippen molar-refractivity contribution in [2.24, 2.45) is 5.92 Å². The van der Waals surface area contributed by atoms with Gasteiger partial charge in [-0.3, -0.25) is 4.79 Å². The van der Waals surface area contributed by atoms with Crippen molar-refractivity contribution >= 4 is 5.97 Å². The molecule has 1 heterocycles. The Kier molecular flexibility index (Phi) is 5.73. The zero-order chi connectivity index (χ0) is 12.0. The summed E-state index contributed by atoms with van der Waals surface area (Å²) in [5.41, 5.74) is 0. The second kappa shape index (κ2) is 6.83. The van der Waals surface area contributed by atoms with E-state index in [1.54, 1.807) is 0 Å². The van der Waals surface area contributed by atoms with E-state index in [-0.39, 0.29) is 6.42 Å². The van der Waals surface area contributed by atoms with Gasteiger partial charge in [-0.2, -0.15) is 0 Å². The Bertz CT molecular complexity index is 223. The van der Waals surface area contributed by atoms with E-state index in [0.29, 0.717) is 6.54 Å². The number of aliphatic hydroxyl groups excluding tert-OH is 1. The number of aliphatic hydroxyl groups is 1. The van der Waals surface area contributed by atoms with E-state index in [1.807, 2.05) is 0 Å². The molecule has 0 aromatic rings. The molecule has 3 N–H and O–H groups in total. The SMILES string of the molecule is CN1CCC(CCNCC(O)CC(=O)O)C1. The number of hydrogen-bond donors (Lipinski definition) is 3. The van der Waals surface area contributed by atoms with E-state index in [2.05, 4.69) is 17.3 Å². The molecule has 0 radical (unpaired) electrons. The predicted octanol–water partition coefficient (Wildman–Crippen LogP) is -0.247. The number of carboxylic acids is 1. The summed E-state index contributed by atoms with van der Waals surface area (Å²) in [7, 11) is 2.13. The fourth-order valence-electron chi connectivity index (χ4n) is 2.11. The smallest absolute Gasteiger partial charge is 0.306 e. The van der Waals surface area contributed by atoms with Crippen LogP contribution in [0.5, 0.6) is 0 Å². The number of rotatable bonds is 7. The second-order valence-corrected chi connectivity index (χ2v) is 4.66. The van der Waals surface area contributed by atoms with Gasteiger partial charge in [0.15, 0.2) is 0 Å². The van der Waals surface area contributed by atoms with Crippen LogP contribution in [-0.4, -0.2) is 60.4 Å². The molecule has 1 aliphatic heterocycles. The molecule has 1 saturated heterocycles. The van der Waals surface area contributed by atoms with Crippen molar-refractivity contribution in [2.75, 3.05) is 33.2 Å². The zero-order valence-corrected chi connectivity index (χ0v) is 9.85. The first kappa shape index (κ1) is 13.4. The van der Waals surface area contributed by atoms with E-state index in [1.165, 1.54) is 13.0 Å². The van der Waals surface area contributed by atoms with Gasteiger partial charge in [-0.15, -0.1) is 0 Å². The van der Waals surface area contributed by atoms with Crippen LogP contribution in [0.2, 0.25) is 0 Å². The van der Waals surface area contributed by atoms with Crippen molar-refractivity contribution in [3.63, 3.8) is 0 Å². The van der Waals surface area contributed by atoms with E-state index in [0.717, 1.165) is 25.4 Å². The minimum Gasteiger partial charge on any atom is -0.481 e. The number of likely N-dealkylation sites (tertiary alicyclic amines) is 1. The van der Waals surface area contributed by atoms with E-state index >= 15 is 0 Å². The summed E-state index contributed by atoms with van der Waals surface area (Å²) in [5, 5.41) is 20.9. The van der Waals surface area contributed by atoms with Crippen LogP contribution in [-0.2, 0) is 4.79 Å². The van der Waals surface area contributed by atoms with Crippen LogP contribution in [0, 0.1) is 5.92 Å². The Labute approximate surface area is 96.4 Å². The molecule has 0 spiro atoms. The van der Waals surface area contributed by atoms with Gasteiger partial charge < -0.3 is 20.4 Å². The molecule has 16 heavy (non-hydrogen) atoms. The third-order valence-electron chi connectivity index (χ3n) is 3.01. The van der Waals surface area contributed by atoms with Crippen LogP contribution < -0.4 is 5.32 Å². The number of carbonyl (C=O) groups is 1. The Morgan fingerprint density at radius 1 is 1.62 bits per heavy atom. The quantitative estimate of drug-likeness (QED) is 0.526. The maximum Gasteiger partial charge on any atom is 0.306 e. The lowest BCUT2D eigenvalue weighted by Crippen LogP contribution is -2.30. The third-order valence-corrected chi connectivity index (χ3v) is 3.01. The average Bonchev–Trinajstić information content (AvgIpc) is 2.58. The summed E-state index contributed by atoms with van der Waals surface area (Å²) >= 11 is 0. The summed E-state index contributed by atoms with van der Waals surface area (Å²) in [6, 6.07) is 0. The fraction of sp³-hybridized carbons (Fsp3) is 0.909. The van der Waals surface area contributed by atoms with Crippen molar-refractivity contribution in [3.05, 3.63) is 0 Å². The van der Waals surface area contributed by atoms with Crippen LogP contribution in [0.1, 0.15) is 19.3 Å². The van der Waals surface area contributed by atoms with Crippen molar-refractivity contribution in [1.29, 1.82) is 0 Å². The highest BCUT2D eigenvalue weighted by Gasteiger charge is 2.18. The molecular formula is C11H22N2O3. The molecule has 1 aliphatic rings. The molecule has 0 aliphatic carbocycles. The zero-order valence-electron chi connectivity index (χ0n) is 9.85. The molecule has 2 unspecified atom stereocenters. The van der Waals surface area contributed by atoms with Gasteiger partial charge in [-0.05, 0) is 38.9 Å². The Morgan fingerprint density at radius 2 is 2.38 bits per heavy atom. The van der Waals surface area contributed by atoms with Gasteiger partial charge in [0, 0.05) is 13.1 Å². The minimum atomic E-state index is -0.952. The van der Waals surface area contributed by atoms with Crippen LogP contribution in [0.25, 0.3) is 0 Å². The number of carboxylic acid groups (broad SMARTS) is 1. The molecule has 0 bridgehead atoms. The summed E-state index contributed by atoms with van der Waals surface area (Å²) in [6.07, 6.45) is 1.39. The molecule has 0 saturated carbocycles. The number of nitrogens with zero attached hydrogens (tertiary/aromatic N) is 1. The topological polar surface area (TPSA) is 72.8 Å². The van der Waals surface area contributed by atoms with Crippen molar-refractivity contribution in [3.8, 4) is 0 Å². The summed E-state index contributed by atoms with van der Waals surface area (Å²) in [4.78, 5) is 12.6. The highest BCUT2D eigenvalue weighted by molar-refractivity contribution is 5.67. The molecule has 0 aromatic carbocycles. The number of aliphatic carboxylic acids is 1. The largest absolute Gasteiger partial charge is 0.481 e. The minimum absolute atomic E-state index is 0.181. The maximum atomic E-state index is 10.3. The van der Waals surface area contributed by atoms with Gasteiger partial charge in [-0.25, -0.2) is 0 Å². The summed E-state index contributed by atoms with van der Waals surface area (Å²) in [5.74, 6) is -0.208. The van der Waals surface area contributed by atoms with Gasteiger partial charge in [0.05, 0.1) is 12.5 Å². The van der Waals surface area contributed by atoms with E-state index in [4.69, 9.17) is 5.11 Å². The van der Waals surface area contributed by atoms with Gasteiger partial charge in [-0.1, -0.05) is 0 Å². The Hall–Kier alpha value is -0.650. The molecular weight excluding hydrogens is 208 g/mol. The van der Waals surface area contributed by atoms with Gasteiger partial charge in [0.25, 0.3) is 0 Å². The maximum absolute atomic E-state index is 10.3. The monoisotopic (exact) mass is 230 g/mol. The Morgan fingerprint density at radius 3 is 2.94 bits per heavy atom. The van der Waals surface area contributed by atoms with Crippen molar-refractivity contribution in [2.45, 2.75) is 25.4 Å². The van der Waals surface area contributed by atoms with Crippen LogP contribution in [0.15, 0.2) is 0 Å². The molecule has 1 fully saturated rings. The first-order chi connectivity index (χ1) is 7.58. The van der Waals surface area contributed by atoms with Crippen molar-refractivity contribution < 1.29 is 15.0 Å². The number of nitrogens with one attached hydrogen (secondary N) is 1. The lowest BCUT2D eigenvalue weighted by Gasteiger charge is -2.12. The van der Waals surface area contributed by atoms with Crippen LogP contribution >= 0.6 is 0 Å². The van der Waals surface area contributed by atoms with Gasteiger partial charge in [0.2, 0.25) is 0 Å². The summed E-state index contributed by atoms with van der Waals surface area (Å²) < 4.78 is 0. The Balaban J connectivity index is 1.97. The molecule has 2 atom stereocenters. The highest BCUT2D eigenvalue weighted by Crippen LogP contribution is 2.16. The van der Waals surface area contributed by atoms with Crippen LogP contribution in [0.4, 0.5) is 0 Å². The van der Waals surface area contributed by atoms with Gasteiger partial charge in [0.1, 0.15) is 0 Å². The molecule has 94 valence electrons. The van der Waals surface area contributed by atoms with Crippen LogP contribution in [0.3, 0.4) is 0 Å². The lowest BCUT2D eigenvalue weighted by molar-refractivity contribution is -0.139. The molecule has 0 aromatic heterocycles. The average molecular weight is 230 g/mol. The highest BCUT2D eigenvalue weighted by atomic mass is 16.4. The van der Waals surface area contributed by atoms with Crippen molar-refractivity contribution in [1.82, 2.24) is 10.2 Å². The fourth-order valence-corrected chi connectivity index (χ4v) is 2.11. The van der Waals surface area contributed by atoms with Gasteiger partial charge >= 0.3 is 5.97 Å². The first-order valence-corrected chi connectivity index (χ1v) is 5.87. The molecule has 5 heteroatoms. The number of hydrogen-bond acceptors (Lipinski definition) is 4. The lowest BCUT2D eigenvalue weighted by atomic mass is 10.1. The normalized spacial score (nSPS) is 23.5. The third kappa shape index (κ3) is 5.44. The second-order valence-electron chi connectivity index (χ2n) is 4.66. The van der Waals surface area contributed by atoms with E-state index in [9.17, 15) is 9.90 Å². The molecule has 5 nitrogen and oxygen atoms in total. The predicted molar refractivity (Wildman–Crippen MR) is 61.4 cm³/mol. The molecule has 1 rings (SSSR count).